The van der Waals surface area contributed by atoms with E-state index in [0.717, 1.165) is 19.4 Å². The maximum absolute atomic E-state index is 14.4. The zero-order valence-corrected chi connectivity index (χ0v) is 14.5. The molecule has 1 N–H and O–H groups in total. The van der Waals surface area contributed by atoms with E-state index in [1.807, 2.05) is 13.8 Å². The fourth-order valence-corrected chi connectivity index (χ4v) is 2.77. The average molecular weight is 367 g/mol. The van der Waals surface area contributed by atoms with Crippen molar-refractivity contribution in [2.24, 2.45) is 0 Å². The summed E-state index contributed by atoms with van der Waals surface area (Å²) in [5.74, 6) is -0.382. The predicted molar refractivity (Wildman–Crippen MR) is 85.8 cm³/mol. The van der Waals surface area contributed by atoms with Crippen LogP contribution in [0.5, 0.6) is 0 Å². The van der Waals surface area contributed by atoms with Crippen LogP contribution in [0.2, 0.25) is 5.02 Å². The second-order valence-corrected chi connectivity index (χ2v) is 5.81. The van der Waals surface area contributed by atoms with E-state index in [-0.39, 0.29) is 23.0 Å². The lowest BCUT2D eigenvalue weighted by molar-refractivity contribution is 0.0271. The maximum atomic E-state index is 14.4. The van der Waals surface area contributed by atoms with Crippen LogP contribution in [-0.4, -0.2) is 19.3 Å². The molecule has 0 aliphatic rings. The molecule has 2 atom stereocenters. The summed E-state index contributed by atoms with van der Waals surface area (Å²) in [6.45, 7) is 7.40. The van der Waals surface area contributed by atoms with Crippen LogP contribution in [0.3, 0.4) is 0 Å². The fraction of sp³-hybridized carbons (Fsp3) is 0.600. The van der Waals surface area contributed by atoms with Gasteiger partial charge >= 0.3 is 0 Å². The Bertz CT molecular complexity index is 425. The summed E-state index contributed by atoms with van der Waals surface area (Å²) < 4.78 is 20.8. The van der Waals surface area contributed by atoms with Gasteiger partial charge in [0.1, 0.15) is 5.82 Å². The smallest absolute Gasteiger partial charge is 0.147 e. The van der Waals surface area contributed by atoms with Crippen LogP contribution in [0.4, 0.5) is 4.39 Å². The number of hydrogen-bond donors (Lipinski definition) is 1. The Hall–Kier alpha value is -0.160. The minimum atomic E-state index is -0.382. The molecular weight excluding hydrogens is 345 g/mol. The Morgan fingerprint density at radius 3 is 2.60 bits per heavy atom. The summed E-state index contributed by atoms with van der Waals surface area (Å²) in [5.41, 5.74) is 0.562. The molecule has 114 valence electrons. The highest BCUT2D eigenvalue weighted by Crippen LogP contribution is 2.33. The Morgan fingerprint density at radius 1 is 1.35 bits per heavy atom. The van der Waals surface area contributed by atoms with Crippen molar-refractivity contribution in [3.63, 3.8) is 0 Å². The van der Waals surface area contributed by atoms with Crippen LogP contribution in [0.15, 0.2) is 16.6 Å². The summed E-state index contributed by atoms with van der Waals surface area (Å²) in [4.78, 5) is 0. The van der Waals surface area contributed by atoms with Crippen molar-refractivity contribution in [1.82, 2.24) is 5.32 Å². The van der Waals surface area contributed by atoms with Crippen LogP contribution in [0, 0.1) is 5.82 Å². The molecular formula is C15H22BrClFNO. The van der Waals surface area contributed by atoms with Gasteiger partial charge in [-0.2, -0.15) is 0 Å². The van der Waals surface area contributed by atoms with Crippen molar-refractivity contribution in [3.05, 3.63) is 33.0 Å². The first-order valence-electron chi connectivity index (χ1n) is 7.05. The van der Waals surface area contributed by atoms with Gasteiger partial charge in [0, 0.05) is 16.6 Å². The highest BCUT2D eigenvalue weighted by atomic mass is 79.9. The monoisotopic (exact) mass is 365 g/mol. The minimum absolute atomic E-state index is 0.0586. The third-order valence-corrected chi connectivity index (χ3v) is 4.41. The third kappa shape index (κ3) is 4.42. The van der Waals surface area contributed by atoms with Crippen molar-refractivity contribution in [2.75, 3.05) is 13.2 Å². The van der Waals surface area contributed by atoms with Gasteiger partial charge in [-0.05, 0) is 41.9 Å². The Labute approximate surface area is 134 Å². The number of likely N-dealkylation sites (N-methyl/N-ethyl adjacent to an activating group) is 1. The van der Waals surface area contributed by atoms with Gasteiger partial charge in [0.05, 0.1) is 17.2 Å². The normalized spacial score (nSPS) is 14.3. The quantitative estimate of drug-likeness (QED) is 0.646. The van der Waals surface area contributed by atoms with Gasteiger partial charge in [-0.15, -0.1) is 0 Å². The number of rotatable bonds is 8. The van der Waals surface area contributed by atoms with Gasteiger partial charge in [0.2, 0.25) is 0 Å². The zero-order chi connectivity index (χ0) is 15.1. The Morgan fingerprint density at radius 2 is 2.05 bits per heavy atom. The van der Waals surface area contributed by atoms with Gasteiger partial charge in [-0.25, -0.2) is 4.39 Å². The summed E-state index contributed by atoms with van der Waals surface area (Å²) in [5, 5.41) is 3.44. The first-order valence-corrected chi connectivity index (χ1v) is 8.22. The van der Waals surface area contributed by atoms with E-state index in [2.05, 4.69) is 28.2 Å². The van der Waals surface area contributed by atoms with E-state index < -0.39 is 0 Å². The highest BCUT2D eigenvalue weighted by molar-refractivity contribution is 9.10. The molecule has 0 spiro atoms. The van der Waals surface area contributed by atoms with Crippen molar-refractivity contribution in [2.45, 2.75) is 45.8 Å². The van der Waals surface area contributed by atoms with E-state index in [4.69, 9.17) is 16.3 Å². The van der Waals surface area contributed by atoms with Gasteiger partial charge < -0.3 is 10.1 Å². The van der Waals surface area contributed by atoms with Crippen molar-refractivity contribution in [3.8, 4) is 0 Å². The van der Waals surface area contributed by atoms with Crippen LogP contribution >= 0.6 is 27.5 Å². The van der Waals surface area contributed by atoms with E-state index in [9.17, 15) is 4.39 Å². The lowest BCUT2D eigenvalue weighted by Crippen LogP contribution is -2.34. The molecule has 0 saturated carbocycles. The summed E-state index contributed by atoms with van der Waals surface area (Å²) in [7, 11) is 0. The molecule has 0 aromatic heterocycles. The van der Waals surface area contributed by atoms with Gasteiger partial charge in [-0.1, -0.05) is 37.9 Å². The molecule has 2 nitrogen and oxygen atoms in total. The number of nitrogens with one attached hydrogen (secondary N) is 1. The Kier molecular flexibility index (Phi) is 8.03. The SMILES string of the molecule is CCCC(OCC)C(NCC)c1ccc(Br)c(Cl)c1F. The first-order chi connectivity index (χ1) is 9.56. The third-order valence-electron chi connectivity index (χ3n) is 3.15. The molecule has 0 fully saturated rings. The molecule has 0 aliphatic heterocycles. The maximum Gasteiger partial charge on any atom is 0.147 e. The van der Waals surface area contributed by atoms with Crippen molar-refractivity contribution >= 4 is 27.5 Å². The van der Waals surface area contributed by atoms with E-state index >= 15 is 0 Å². The fourth-order valence-electron chi connectivity index (χ4n) is 2.29. The molecule has 20 heavy (non-hydrogen) atoms. The molecule has 2 unspecified atom stereocenters. The molecule has 0 bridgehead atoms. The van der Waals surface area contributed by atoms with Gasteiger partial charge in [0.25, 0.3) is 0 Å². The number of ether oxygens (including phenoxy) is 1. The largest absolute Gasteiger partial charge is 0.377 e. The molecule has 0 aliphatic carbocycles. The minimum Gasteiger partial charge on any atom is -0.377 e. The number of halogens is 3. The van der Waals surface area contributed by atoms with Crippen LogP contribution in [-0.2, 0) is 4.74 Å². The van der Waals surface area contributed by atoms with Crippen LogP contribution < -0.4 is 5.32 Å². The lowest BCUT2D eigenvalue weighted by Gasteiger charge is -2.28. The number of hydrogen-bond acceptors (Lipinski definition) is 2. The molecule has 1 rings (SSSR count). The van der Waals surface area contributed by atoms with Crippen LogP contribution in [0.25, 0.3) is 0 Å². The molecule has 5 heteroatoms. The Balaban J connectivity index is 3.14. The molecule has 1 aromatic carbocycles. The summed E-state index contributed by atoms with van der Waals surface area (Å²) in [6, 6.07) is 3.35. The molecule has 1 aromatic rings. The molecule has 0 radical (unpaired) electrons. The first kappa shape index (κ1) is 17.9. The second kappa shape index (κ2) is 8.98. The molecule has 0 saturated heterocycles. The van der Waals surface area contributed by atoms with Gasteiger partial charge in [-0.3, -0.25) is 0 Å². The predicted octanol–water partition coefficient (Wildman–Crippen LogP) is 5.10. The van der Waals surface area contributed by atoms with E-state index in [1.54, 1.807) is 12.1 Å². The van der Waals surface area contributed by atoms with Crippen LogP contribution in [0.1, 0.15) is 45.2 Å². The number of benzene rings is 1. The van der Waals surface area contributed by atoms with Gasteiger partial charge in [0.15, 0.2) is 0 Å². The summed E-state index contributed by atoms with van der Waals surface area (Å²) in [6.07, 6.45) is 1.80. The summed E-state index contributed by atoms with van der Waals surface area (Å²) >= 11 is 9.24. The highest BCUT2D eigenvalue weighted by Gasteiger charge is 2.26. The van der Waals surface area contributed by atoms with E-state index in [1.165, 1.54) is 0 Å². The second-order valence-electron chi connectivity index (χ2n) is 4.58. The standard InChI is InChI=1S/C15H22BrClFNO/c1-4-7-12(20-6-3)15(19-5-2)10-8-9-11(16)13(17)14(10)18/h8-9,12,15,19H,4-7H2,1-3H3. The van der Waals surface area contributed by atoms with Crippen molar-refractivity contribution < 1.29 is 9.13 Å². The molecule has 0 heterocycles. The van der Waals surface area contributed by atoms with Crippen molar-refractivity contribution in [1.29, 1.82) is 0 Å². The topological polar surface area (TPSA) is 21.3 Å². The zero-order valence-electron chi connectivity index (χ0n) is 12.2. The van der Waals surface area contributed by atoms with E-state index in [0.29, 0.717) is 16.6 Å². The molecule has 0 amide bonds. The lowest BCUT2D eigenvalue weighted by atomic mass is 9.97. The average Bonchev–Trinajstić information content (AvgIpc) is 2.43.